The summed E-state index contributed by atoms with van der Waals surface area (Å²) in [6.45, 7) is 3.76. The van der Waals surface area contributed by atoms with Gasteiger partial charge < -0.3 is 38.1 Å². The molecule has 1 unspecified atom stereocenters. The predicted molar refractivity (Wildman–Crippen MR) is 243 cm³/mol. The molecule has 0 amide bonds. The van der Waals surface area contributed by atoms with E-state index in [1.807, 2.05) is 39.4 Å². The van der Waals surface area contributed by atoms with E-state index < -0.39 is 51.3 Å². The molecule has 0 heterocycles. The predicted octanol–water partition coefficient (Wildman–Crippen LogP) is 9.88. The molecule has 0 radical (unpaired) electrons. The van der Waals surface area contributed by atoms with Crippen LogP contribution in [0.5, 0.6) is 0 Å². The minimum absolute atomic E-state index is 0.000766. The molecule has 0 aromatic rings. The number of quaternary nitrogens is 1. The number of esters is 2. The van der Waals surface area contributed by atoms with Crippen LogP contribution in [0, 0.1) is 0 Å². The lowest BCUT2D eigenvalue weighted by Crippen LogP contribution is -2.37. The summed E-state index contributed by atoms with van der Waals surface area (Å²) in [5.41, 5.74) is 0. The van der Waals surface area contributed by atoms with Crippen molar-refractivity contribution in [3.63, 3.8) is 0 Å². The molecular formula is C48H80NO10P. The van der Waals surface area contributed by atoms with Crippen LogP contribution < -0.4 is 4.89 Å². The van der Waals surface area contributed by atoms with E-state index in [9.17, 15) is 29.3 Å². The van der Waals surface area contributed by atoms with Crippen molar-refractivity contribution in [2.45, 2.75) is 148 Å². The Morgan fingerprint density at radius 3 is 1.72 bits per heavy atom. The van der Waals surface area contributed by atoms with Gasteiger partial charge in [-0.3, -0.25) is 14.2 Å². The van der Waals surface area contributed by atoms with Crippen LogP contribution in [0.4, 0.5) is 0 Å². The fourth-order valence-electron chi connectivity index (χ4n) is 5.19. The summed E-state index contributed by atoms with van der Waals surface area (Å²) >= 11 is 0. The van der Waals surface area contributed by atoms with Crippen LogP contribution in [-0.2, 0) is 32.7 Å². The molecule has 0 aromatic carbocycles. The molecule has 12 heteroatoms. The third-order valence-corrected chi connectivity index (χ3v) is 9.73. The number of phosphoric ester groups is 1. The number of carbonyl (C=O) groups excluding carboxylic acids is 2. The smallest absolute Gasteiger partial charge is 0.306 e. The third-order valence-electron chi connectivity index (χ3n) is 8.77. The van der Waals surface area contributed by atoms with Gasteiger partial charge in [-0.1, -0.05) is 137 Å². The second-order valence-corrected chi connectivity index (χ2v) is 17.2. The number of unbranched alkanes of at least 4 members (excludes halogenated alkanes) is 7. The van der Waals surface area contributed by atoms with Gasteiger partial charge in [-0.05, 0) is 77.0 Å². The van der Waals surface area contributed by atoms with Crippen molar-refractivity contribution >= 4 is 19.8 Å². The molecule has 0 aliphatic heterocycles. The number of allylic oxidation sites excluding steroid dienone is 13. The first-order chi connectivity index (χ1) is 28.8. The molecule has 0 saturated heterocycles. The Labute approximate surface area is 363 Å². The summed E-state index contributed by atoms with van der Waals surface area (Å²) < 4.78 is 33.6. The van der Waals surface area contributed by atoms with E-state index in [1.165, 1.54) is 38.5 Å². The number of phosphoric acid groups is 1. The Morgan fingerprint density at radius 2 is 1.15 bits per heavy atom. The summed E-state index contributed by atoms with van der Waals surface area (Å²) in [6, 6.07) is 0. The van der Waals surface area contributed by atoms with Gasteiger partial charge in [0.05, 0.1) is 40.0 Å². The Hall–Kier alpha value is -3.15. The van der Waals surface area contributed by atoms with Crippen LogP contribution >= 0.6 is 7.82 Å². The molecule has 4 atom stereocenters. The van der Waals surface area contributed by atoms with Crippen LogP contribution in [0.2, 0.25) is 0 Å². The highest BCUT2D eigenvalue weighted by atomic mass is 31.2. The van der Waals surface area contributed by atoms with E-state index in [-0.39, 0.29) is 19.4 Å². The zero-order valence-corrected chi connectivity index (χ0v) is 38.5. The molecule has 342 valence electrons. The first-order valence-electron chi connectivity index (χ1n) is 22.2. The minimum Gasteiger partial charge on any atom is -0.756 e. The first kappa shape index (κ1) is 56.9. The molecule has 0 fully saturated rings. The van der Waals surface area contributed by atoms with E-state index in [0.29, 0.717) is 43.1 Å². The number of carbonyl (C=O) groups is 2. The van der Waals surface area contributed by atoms with E-state index in [4.69, 9.17) is 18.5 Å². The standard InChI is InChI=1S/C48H80NO10P/c1-6-8-10-12-14-15-16-17-18-19-20-21-22-23-24-26-32-38-48(53)59-46(43-58-60(54,55)57-41-40-49(3,4)5)42-56-47(52)39-33-37-45(51)36-31-28-27-30-35-44(50)34-29-25-13-11-9-7-2/h14-15,17-18,20-21,23-25,27-31,35-36,44-46,50-51H,6-13,16,19,22,26,32-34,37-43H2,1-5H3/b15-14-,18-17-,21-20-,24-23-,28-27+,29-25-,35-30+,36-31-/t44-,45-,46-/m1/s1. The zero-order valence-electron chi connectivity index (χ0n) is 37.6. The summed E-state index contributed by atoms with van der Waals surface area (Å²) in [6.07, 6.45) is 43.6. The van der Waals surface area contributed by atoms with Crippen molar-refractivity contribution in [3.05, 3.63) is 97.2 Å². The molecule has 0 aromatic heterocycles. The molecule has 0 bridgehead atoms. The largest absolute Gasteiger partial charge is 0.756 e. The van der Waals surface area contributed by atoms with Gasteiger partial charge in [0.2, 0.25) is 0 Å². The van der Waals surface area contributed by atoms with E-state index in [1.54, 1.807) is 36.5 Å². The SMILES string of the molecule is CCCCC/C=C\C/C=C\C/C=C\C/C=C\CCCC(=O)O[C@H](COC(=O)CCC[C@H](O)\C=C/C=C/C=C/[C@H](O)C/C=C\CCCCC)COP(=O)([O-])OCC[N+](C)(C)C. The Morgan fingerprint density at radius 1 is 0.633 bits per heavy atom. The quantitative estimate of drug-likeness (QED) is 0.0153. The number of ether oxygens (including phenoxy) is 2. The van der Waals surface area contributed by atoms with Crippen LogP contribution in [0.1, 0.15) is 129 Å². The van der Waals surface area contributed by atoms with Gasteiger partial charge in [-0.2, -0.15) is 0 Å². The van der Waals surface area contributed by atoms with E-state index >= 15 is 0 Å². The van der Waals surface area contributed by atoms with Crippen molar-refractivity contribution < 1.29 is 52.3 Å². The van der Waals surface area contributed by atoms with Crippen LogP contribution in [0.15, 0.2) is 97.2 Å². The van der Waals surface area contributed by atoms with Gasteiger partial charge in [0, 0.05) is 12.8 Å². The van der Waals surface area contributed by atoms with Crippen molar-refractivity contribution in [3.8, 4) is 0 Å². The first-order valence-corrected chi connectivity index (χ1v) is 23.6. The molecule has 0 saturated carbocycles. The number of hydrogen-bond donors (Lipinski definition) is 2. The molecule has 11 nitrogen and oxygen atoms in total. The number of aliphatic hydroxyl groups excluding tert-OH is 2. The monoisotopic (exact) mass is 862 g/mol. The van der Waals surface area contributed by atoms with E-state index in [2.05, 4.69) is 56.4 Å². The molecule has 2 N–H and O–H groups in total. The van der Waals surface area contributed by atoms with Gasteiger partial charge in [0.15, 0.2) is 6.10 Å². The highest BCUT2D eigenvalue weighted by Gasteiger charge is 2.21. The molecule has 0 aliphatic rings. The van der Waals surface area contributed by atoms with Gasteiger partial charge in [-0.25, -0.2) is 0 Å². The van der Waals surface area contributed by atoms with Crippen LogP contribution in [0.25, 0.3) is 0 Å². The molecule has 0 spiro atoms. The second kappa shape index (κ2) is 38.7. The summed E-state index contributed by atoms with van der Waals surface area (Å²) in [4.78, 5) is 37.5. The number of aliphatic hydroxyl groups is 2. The van der Waals surface area contributed by atoms with Crippen molar-refractivity contribution in [2.24, 2.45) is 0 Å². The van der Waals surface area contributed by atoms with Crippen LogP contribution in [0.3, 0.4) is 0 Å². The second-order valence-electron chi connectivity index (χ2n) is 15.8. The summed E-state index contributed by atoms with van der Waals surface area (Å²) in [5.74, 6) is -1.15. The van der Waals surface area contributed by atoms with Gasteiger partial charge in [0.1, 0.15) is 19.8 Å². The summed E-state index contributed by atoms with van der Waals surface area (Å²) in [7, 11) is 0.977. The maximum absolute atomic E-state index is 12.7. The fraction of sp³-hybridized carbons (Fsp3) is 0.625. The topological polar surface area (TPSA) is 152 Å². The van der Waals surface area contributed by atoms with E-state index in [0.717, 1.165) is 32.1 Å². The lowest BCUT2D eigenvalue weighted by Gasteiger charge is -2.28. The van der Waals surface area contributed by atoms with Crippen molar-refractivity contribution in [1.82, 2.24) is 0 Å². The number of likely N-dealkylation sites (N-methyl/N-ethyl adjacent to an activating group) is 1. The highest BCUT2D eigenvalue weighted by molar-refractivity contribution is 7.45. The van der Waals surface area contributed by atoms with Gasteiger partial charge in [0.25, 0.3) is 7.82 Å². The zero-order chi connectivity index (χ0) is 44.6. The van der Waals surface area contributed by atoms with Gasteiger partial charge >= 0.3 is 11.9 Å². The maximum atomic E-state index is 12.7. The Balaban J connectivity index is 4.73. The maximum Gasteiger partial charge on any atom is 0.306 e. The number of rotatable bonds is 38. The Kier molecular flexibility index (Phi) is 36.7. The van der Waals surface area contributed by atoms with Crippen LogP contribution in [-0.4, -0.2) is 92.5 Å². The normalized spacial score (nSPS) is 15.5. The molecule has 60 heavy (non-hydrogen) atoms. The average molecular weight is 862 g/mol. The lowest BCUT2D eigenvalue weighted by atomic mass is 10.1. The average Bonchev–Trinajstić information content (AvgIpc) is 3.19. The highest BCUT2D eigenvalue weighted by Crippen LogP contribution is 2.38. The third kappa shape index (κ3) is 41.6. The minimum atomic E-state index is -4.71. The summed E-state index contributed by atoms with van der Waals surface area (Å²) in [5, 5.41) is 20.3. The Bertz CT molecular complexity index is 1380. The number of nitrogens with zero attached hydrogens (tertiary/aromatic N) is 1. The number of hydrogen-bond acceptors (Lipinski definition) is 10. The fourth-order valence-corrected chi connectivity index (χ4v) is 5.92. The molecule has 0 aliphatic carbocycles. The lowest BCUT2D eigenvalue weighted by molar-refractivity contribution is -0.870. The van der Waals surface area contributed by atoms with Gasteiger partial charge in [-0.15, -0.1) is 0 Å². The van der Waals surface area contributed by atoms with Crippen molar-refractivity contribution in [2.75, 3.05) is 47.5 Å². The molecular weight excluding hydrogens is 781 g/mol. The molecule has 0 rings (SSSR count). The van der Waals surface area contributed by atoms with Crippen molar-refractivity contribution in [1.29, 1.82) is 0 Å².